The van der Waals surface area contributed by atoms with E-state index in [1.165, 1.54) is 6.07 Å². The SMILES string of the molecule is Cc1cc(=O)c(C(=O)N2CCC(CO)C2)nn1-c1cccc(Cl)c1. The van der Waals surface area contributed by atoms with Gasteiger partial charge >= 0.3 is 0 Å². The van der Waals surface area contributed by atoms with Gasteiger partial charge in [0.05, 0.1) is 5.69 Å². The van der Waals surface area contributed by atoms with Gasteiger partial charge in [0.1, 0.15) is 0 Å². The maximum absolute atomic E-state index is 12.6. The predicted molar refractivity (Wildman–Crippen MR) is 90.7 cm³/mol. The van der Waals surface area contributed by atoms with Crippen molar-refractivity contribution < 1.29 is 9.90 Å². The number of amides is 1. The lowest BCUT2D eigenvalue weighted by Crippen LogP contribution is -2.35. The molecule has 3 rings (SSSR count). The Morgan fingerprint density at radius 3 is 2.88 bits per heavy atom. The topological polar surface area (TPSA) is 75.4 Å². The predicted octanol–water partition coefficient (Wildman–Crippen LogP) is 1.65. The zero-order chi connectivity index (χ0) is 17.3. The molecule has 7 heteroatoms. The van der Waals surface area contributed by atoms with Gasteiger partial charge in [-0.15, -0.1) is 0 Å². The van der Waals surface area contributed by atoms with Crippen LogP contribution < -0.4 is 5.43 Å². The largest absolute Gasteiger partial charge is 0.396 e. The number of benzene rings is 1. The fourth-order valence-electron chi connectivity index (χ4n) is 2.88. The molecule has 1 unspecified atom stereocenters. The number of rotatable bonds is 3. The summed E-state index contributed by atoms with van der Waals surface area (Å²) in [6.07, 6.45) is 0.733. The van der Waals surface area contributed by atoms with Crippen molar-refractivity contribution in [2.75, 3.05) is 19.7 Å². The number of carbonyl (C=O) groups is 1. The van der Waals surface area contributed by atoms with E-state index in [4.69, 9.17) is 11.6 Å². The van der Waals surface area contributed by atoms with Crippen molar-refractivity contribution in [1.29, 1.82) is 0 Å². The van der Waals surface area contributed by atoms with Crippen molar-refractivity contribution in [2.24, 2.45) is 5.92 Å². The molecule has 1 amide bonds. The number of aryl methyl sites for hydroxylation is 1. The molecule has 0 saturated carbocycles. The molecule has 0 bridgehead atoms. The summed E-state index contributed by atoms with van der Waals surface area (Å²) < 4.78 is 1.54. The van der Waals surface area contributed by atoms with E-state index in [-0.39, 0.29) is 18.2 Å². The van der Waals surface area contributed by atoms with E-state index in [1.807, 2.05) is 6.07 Å². The van der Waals surface area contributed by atoms with Crippen molar-refractivity contribution in [1.82, 2.24) is 14.7 Å². The molecule has 0 radical (unpaired) electrons. The molecule has 2 heterocycles. The van der Waals surface area contributed by atoms with E-state index in [0.717, 1.165) is 6.42 Å². The maximum Gasteiger partial charge on any atom is 0.278 e. The van der Waals surface area contributed by atoms with Crippen LogP contribution >= 0.6 is 11.6 Å². The third kappa shape index (κ3) is 3.20. The Labute approximate surface area is 144 Å². The van der Waals surface area contributed by atoms with Gasteiger partial charge in [-0.25, -0.2) is 4.68 Å². The highest BCUT2D eigenvalue weighted by molar-refractivity contribution is 6.30. The van der Waals surface area contributed by atoms with Crippen LogP contribution in [-0.2, 0) is 0 Å². The van der Waals surface area contributed by atoms with Crippen LogP contribution in [-0.4, -0.2) is 45.4 Å². The van der Waals surface area contributed by atoms with E-state index < -0.39 is 11.3 Å². The summed E-state index contributed by atoms with van der Waals surface area (Å²) in [6.45, 7) is 2.76. The van der Waals surface area contributed by atoms with Gasteiger partial charge in [-0.2, -0.15) is 5.10 Å². The molecule has 24 heavy (non-hydrogen) atoms. The third-order valence-corrected chi connectivity index (χ3v) is 4.43. The summed E-state index contributed by atoms with van der Waals surface area (Å²) >= 11 is 6.01. The molecule has 1 aliphatic rings. The Kier molecular flexibility index (Phi) is 4.69. The van der Waals surface area contributed by atoms with E-state index >= 15 is 0 Å². The first-order valence-electron chi connectivity index (χ1n) is 7.76. The van der Waals surface area contributed by atoms with E-state index in [9.17, 15) is 14.7 Å². The summed E-state index contributed by atoms with van der Waals surface area (Å²) in [5.41, 5.74) is 0.791. The molecular formula is C17H18ClN3O3. The van der Waals surface area contributed by atoms with Crippen LogP contribution in [0.2, 0.25) is 5.02 Å². The van der Waals surface area contributed by atoms with Crippen molar-refractivity contribution in [3.05, 3.63) is 57.0 Å². The Balaban J connectivity index is 1.99. The molecule has 1 fully saturated rings. The lowest BCUT2D eigenvalue weighted by Gasteiger charge is -2.17. The molecule has 1 atom stereocenters. The summed E-state index contributed by atoms with van der Waals surface area (Å²) in [4.78, 5) is 26.4. The van der Waals surface area contributed by atoms with Gasteiger partial charge in [-0.1, -0.05) is 17.7 Å². The number of aliphatic hydroxyl groups excluding tert-OH is 1. The lowest BCUT2D eigenvalue weighted by molar-refractivity contribution is 0.0772. The standard InChI is InChI=1S/C17H18ClN3O3/c1-11-7-15(23)16(17(24)20-6-5-12(9-20)10-22)19-21(11)14-4-2-3-13(18)8-14/h2-4,7-8,12,22H,5-6,9-10H2,1H3. The van der Waals surface area contributed by atoms with E-state index in [2.05, 4.69) is 5.10 Å². The average Bonchev–Trinajstić information content (AvgIpc) is 3.03. The minimum absolute atomic E-state index is 0.0395. The Morgan fingerprint density at radius 1 is 1.42 bits per heavy atom. The van der Waals surface area contributed by atoms with Crippen LogP contribution in [0.4, 0.5) is 0 Å². The van der Waals surface area contributed by atoms with Crippen LogP contribution in [0, 0.1) is 12.8 Å². The highest BCUT2D eigenvalue weighted by Gasteiger charge is 2.29. The smallest absolute Gasteiger partial charge is 0.278 e. The molecule has 0 spiro atoms. The molecule has 1 aliphatic heterocycles. The quantitative estimate of drug-likeness (QED) is 0.916. The zero-order valence-corrected chi connectivity index (χ0v) is 14.0. The highest BCUT2D eigenvalue weighted by atomic mass is 35.5. The van der Waals surface area contributed by atoms with Crippen LogP contribution in [0.15, 0.2) is 35.1 Å². The van der Waals surface area contributed by atoms with Crippen molar-refractivity contribution >= 4 is 17.5 Å². The fourth-order valence-corrected chi connectivity index (χ4v) is 3.07. The Hall–Kier alpha value is -2.18. The van der Waals surface area contributed by atoms with Gasteiger partial charge in [0.2, 0.25) is 5.43 Å². The molecule has 126 valence electrons. The van der Waals surface area contributed by atoms with Crippen LogP contribution in [0.1, 0.15) is 22.6 Å². The summed E-state index contributed by atoms with van der Waals surface area (Å²) in [5.74, 6) is -0.332. The number of nitrogens with zero attached hydrogens (tertiary/aromatic N) is 3. The minimum atomic E-state index is -0.400. The first-order chi connectivity index (χ1) is 11.5. The molecule has 2 aromatic rings. The number of carbonyl (C=O) groups excluding carboxylic acids is 1. The molecule has 1 N–H and O–H groups in total. The second-order valence-corrected chi connectivity index (χ2v) is 6.42. The molecule has 1 aromatic heterocycles. The first kappa shape index (κ1) is 16.7. The third-order valence-electron chi connectivity index (χ3n) is 4.19. The van der Waals surface area contributed by atoms with E-state index in [1.54, 1.807) is 34.7 Å². The summed E-state index contributed by atoms with van der Waals surface area (Å²) in [6, 6.07) is 8.46. The van der Waals surface area contributed by atoms with Gasteiger partial charge in [0.25, 0.3) is 5.91 Å². The van der Waals surface area contributed by atoms with Crippen molar-refractivity contribution in [2.45, 2.75) is 13.3 Å². The molecule has 6 nitrogen and oxygen atoms in total. The van der Waals surface area contributed by atoms with Crippen molar-refractivity contribution in [3.63, 3.8) is 0 Å². The minimum Gasteiger partial charge on any atom is -0.396 e. The van der Waals surface area contributed by atoms with Crippen molar-refractivity contribution in [3.8, 4) is 5.69 Å². The maximum atomic E-state index is 12.6. The van der Waals surface area contributed by atoms with Gasteiger partial charge in [0.15, 0.2) is 5.69 Å². The number of aliphatic hydroxyl groups is 1. The molecule has 1 saturated heterocycles. The number of hydrogen-bond donors (Lipinski definition) is 1. The van der Waals surface area contributed by atoms with Gasteiger partial charge < -0.3 is 10.0 Å². The number of halogens is 1. The zero-order valence-electron chi connectivity index (χ0n) is 13.3. The Bertz CT molecular complexity index is 834. The Morgan fingerprint density at radius 2 is 2.21 bits per heavy atom. The second-order valence-electron chi connectivity index (χ2n) is 5.98. The van der Waals surface area contributed by atoms with Gasteiger partial charge in [-0.05, 0) is 31.5 Å². The first-order valence-corrected chi connectivity index (χ1v) is 8.14. The monoisotopic (exact) mass is 347 g/mol. The number of hydrogen-bond acceptors (Lipinski definition) is 4. The van der Waals surface area contributed by atoms with Gasteiger partial charge in [-0.3, -0.25) is 9.59 Å². The normalized spacial score (nSPS) is 17.3. The van der Waals surface area contributed by atoms with E-state index in [0.29, 0.717) is 29.5 Å². The molecule has 0 aliphatic carbocycles. The summed E-state index contributed by atoms with van der Waals surface area (Å²) in [5, 5.41) is 14.0. The van der Waals surface area contributed by atoms with Gasteiger partial charge in [0, 0.05) is 42.4 Å². The second kappa shape index (κ2) is 6.75. The fraction of sp³-hybridized carbons (Fsp3) is 0.353. The summed E-state index contributed by atoms with van der Waals surface area (Å²) in [7, 11) is 0. The number of aromatic nitrogens is 2. The van der Waals surface area contributed by atoms with Crippen LogP contribution in [0.5, 0.6) is 0 Å². The lowest BCUT2D eigenvalue weighted by atomic mass is 10.1. The average molecular weight is 348 g/mol. The highest BCUT2D eigenvalue weighted by Crippen LogP contribution is 2.18. The molecular weight excluding hydrogens is 330 g/mol. The number of likely N-dealkylation sites (tertiary alicyclic amines) is 1. The molecule has 1 aromatic carbocycles. The van der Waals surface area contributed by atoms with Crippen LogP contribution in [0.3, 0.4) is 0 Å². The van der Waals surface area contributed by atoms with Crippen LogP contribution in [0.25, 0.3) is 5.69 Å².